The lowest BCUT2D eigenvalue weighted by molar-refractivity contribution is 0.919. The number of rotatable bonds is 2. The van der Waals surface area contributed by atoms with Crippen LogP contribution in [0.3, 0.4) is 0 Å². The molecule has 0 aliphatic rings. The third kappa shape index (κ3) is 1.88. The first-order valence-electron chi connectivity index (χ1n) is 3.14. The van der Waals surface area contributed by atoms with Crippen molar-refractivity contribution in [3.05, 3.63) is 35.9 Å². The summed E-state index contributed by atoms with van der Waals surface area (Å²) in [6, 6.07) is 13.1. The standard InChI is InChI=1S/C9H8/c1-2-6-9-7-4-3-5-8-9/h7H,2,6H2,1H3. The largest absolute Gasteiger partial charge is 0.0651 e. The van der Waals surface area contributed by atoms with Crippen LogP contribution < -0.4 is 0 Å². The summed E-state index contributed by atoms with van der Waals surface area (Å²) in [7, 11) is 0. The molecule has 0 aliphatic carbocycles. The Balaban J connectivity index is 2.61. The van der Waals surface area contributed by atoms with E-state index in [9.17, 15) is 0 Å². The van der Waals surface area contributed by atoms with Gasteiger partial charge in [-0.2, -0.15) is 0 Å². The van der Waals surface area contributed by atoms with E-state index in [2.05, 4.69) is 31.2 Å². The smallest absolute Gasteiger partial charge is 0.000419 e. The molecule has 4 radical (unpaired) electrons. The topological polar surface area (TPSA) is 0 Å². The first kappa shape index (κ1) is 6.34. The molecule has 0 heterocycles. The van der Waals surface area contributed by atoms with E-state index >= 15 is 0 Å². The van der Waals surface area contributed by atoms with E-state index in [0.29, 0.717) is 0 Å². The van der Waals surface area contributed by atoms with Crippen LogP contribution in [0.5, 0.6) is 0 Å². The fourth-order valence-corrected chi connectivity index (χ4v) is 0.711. The quantitative estimate of drug-likeness (QED) is 0.553. The first-order chi connectivity index (χ1) is 4.43. The minimum atomic E-state index is 1.07. The van der Waals surface area contributed by atoms with E-state index in [1.54, 1.807) is 0 Å². The predicted octanol–water partition coefficient (Wildman–Crippen LogP) is 1.84. The maximum absolute atomic E-state index is 2.96. The molecule has 1 rings (SSSR count). The van der Waals surface area contributed by atoms with Gasteiger partial charge < -0.3 is 0 Å². The lowest BCUT2D eigenvalue weighted by Crippen LogP contribution is -1.80. The van der Waals surface area contributed by atoms with Gasteiger partial charge in [0.05, 0.1) is 0 Å². The number of aryl methyl sites for hydroxylation is 1. The Kier molecular flexibility index (Phi) is 2.32. The fourth-order valence-electron chi connectivity index (χ4n) is 0.711. The highest BCUT2D eigenvalue weighted by atomic mass is 13.9. The van der Waals surface area contributed by atoms with E-state index in [0.717, 1.165) is 12.8 Å². The second kappa shape index (κ2) is 3.29. The van der Waals surface area contributed by atoms with E-state index < -0.39 is 0 Å². The molecule has 0 atom stereocenters. The average molecular weight is 116 g/mol. The lowest BCUT2D eigenvalue weighted by Gasteiger charge is -1.92. The maximum atomic E-state index is 2.96. The van der Waals surface area contributed by atoms with E-state index in [4.69, 9.17) is 0 Å². The van der Waals surface area contributed by atoms with Crippen molar-refractivity contribution >= 4 is 0 Å². The summed E-state index contributed by atoms with van der Waals surface area (Å²) in [5.74, 6) is 0. The van der Waals surface area contributed by atoms with Gasteiger partial charge in [-0.25, -0.2) is 0 Å². The SMILES string of the molecule is CCCc1[c][c][c][c]c1. The van der Waals surface area contributed by atoms with Crippen LogP contribution in [0.1, 0.15) is 18.9 Å². The number of hydrogen-bond acceptors (Lipinski definition) is 0. The van der Waals surface area contributed by atoms with E-state index in [1.165, 1.54) is 5.56 Å². The van der Waals surface area contributed by atoms with Gasteiger partial charge in [-0.3, -0.25) is 0 Å². The lowest BCUT2D eigenvalue weighted by atomic mass is 10.1. The van der Waals surface area contributed by atoms with Gasteiger partial charge in [-0.1, -0.05) is 13.3 Å². The molecule has 0 fully saturated rings. The van der Waals surface area contributed by atoms with Crippen molar-refractivity contribution in [3.8, 4) is 0 Å². The normalized spacial score (nSPS) is 9.44. The minimum Gasteiger partial charge on any atom is -0.0651 e. The highest BCUT2D eigenvalue weighted by molar-refractivity contribution is 5.09. The second-order valence-corrected chi connectivity index (χ2v) is 1.94. The van der Waals surface area contributed by atoms with Gasteiger partial charge in [0.1, 0.15) is 0 Å². The summed E-state index contributed by atoms with van der Waals surface area (Å²) in [6.07, 6.45) is 2.23. The summed E-state index contributed by atoms with van der Waals surface area (Å²) in [5.41, 5.74) is 1.18. The summed E-state index contributed by atoms with van der Waals surface area (Å²) in [5, 5.41) is 0. The Morgan fingerprint density at radius 1 is 1.44 bits per heavy atom. The van der Waals surface area contributed by atoms with Gasteiger partial charge in [0, 0.05) is 0 Å². The van der Waals surface area contributed by atoms with Gasteiger partial charge in [-0.05, 0) is 42.3 Å². The second-order valence-electron chi connectivity index (χ2n) is 1.94. The van der Waals surface area contributed by atoms with Crippen LogP contribution in [0, 0.1) is 24.3 Å². The van der Waals surface area contributed by atoms with E-state index in [-0.39, 0.29) is 0 Å². The molecular weight excluding hydrogens is 108 g/mol. The molecule has 0 unspecified atom stereocenters. The van der Waals surface area contributed by atoms with Gasteiger partial charge in [0.2, 0.25) is 0 Å². The molecule has 9 heavy (non-hydrogen) atoms. The zero-order valence-corrected chi connectivity index (χ0v) is 5.49. The third-order valence-corrected chi connectivity index (χ3v) is 1.12. The molecule has 44 valence electrons. The molecule has 0 heteroatoms. The molecule has 0 saturated heterocycles. The van der Waals surface area contributed by atoms with Crippen molar-refractivity contribution in [2.75, 3.05) is 0 Å². The molecule has 0 nitrogen and oxygen atoms in total. The Hall–Kier alpha value is -0.780. The number of hydrogen-bond donors (Lipinski definition) is 0. The van der Waals surface area contributed by atoms with Crippen LogP contribution in [-0.4, -0.2) is 0 Å². The molecule has 0 N–H and O–H groups in total. The zero-order valence-electron chi connectivity index (χ0n) is 5.49. The van der Waals surface area contributed by atoms with Gasteiger partial charge >= 0.3 is 0 Å². The van der Waals surface area contributed by atoms with Crippen molar-refractivity contribution in [1.29, 1.82) is 0 Å². The monoisotopic (exact) mass is 116 g/mol. The molecule has 0 aromatic heterocycles. The van der Waals surface area contributed by atoms with Crippen LogP contribution in [0.25, 0.3) is 0 Å². The van der Waals surface area contributed by atoms with Gasteiger partial charge in [-0.15, -0.1) is 0 Å². The maximum Gasteiger partial charge on any atom is -0.000419 e. The Labute approximate surface area is 56.5 Å². The highest BCUT2D eigenvalue weighted by Crippen LogP contribution is 1.98. The highest BCUT2D eigenvalue weighted by Gasteiger charge is 1.86. The zero-order chi connectivity index (χ0) is 6.53. The molecule has 0 bridgehead atoms. The summed E-state index contributed by atoms with van der Waals surface area (Å²) in [4.78, 5) is 0. The summed E-state index contributed by atoms with van der Waals surface area (Å²) in [6.45, 7) is 2.14. The molecule has 0 saturated carbocycles. The Bertz CT molecular complexity index is 153. The molecule has 0 amide bonds. The minimum absolute atomic E-state index is 1.07. The Morgan fingerprint density at radius 2 is 2.33 bits per heavy atom. The van der Waals surface area contributed by atoms with Crippen LogP contribution in [-0.2, 0) is 6.42 Å². The predicted molar refractivity (Wildman–Crippen MR) is 35.8 cm³/mol. The van der Waals surface area contributed by atoms with Crippen molar-refractivity contribution in [2.24, 2.45) is 0 Å². The van der Waals surface area contributed by atoms with Crippen molar-refractivity contribution in [2.45, 2.75) is 19.8 Å². The van der Waals surface area contributed by atoms with Crippen LogP contribution >= 0.6 is 0 Å². The Morgan fingerprint density at radius 3 is 2.89 bits per heavy atom. The van der Waals surface area contributed by atoms with Gasteiger partial charge in [0.15, 0.2) is 0 Å². The molecule has 0 aliphatic heterocycles. The summed E-state index contributed by atoms with van der Waals surface area (Å²) < 4.78 is 0. The van der Waals surface area contributed by atoms with Crippen LogP contribution in [0.4, 0.5) is 0 Å². The first-order valence-corrected chi connectivity index (χ1v) is 3.14. The molecular formula is C9H8. The molecule has 1 aromatic carbocycles. The van der Waals surface area contributed by atoms with Crippen LogP contribution in [0.2, 0.25) is 0 Å². The molecule has 0 spiro atoms. The van der Waals surface area contributed by atoms with Crippen molar-refractivity contribution in [1.82, 2.24) is 0 Å². The fraction of sp³-hybridized carbons (Fsp3) is 0.333. The van der Waals surface area contributed by atoms with Crippen LogP contribution in [0.15, 0.2) is 6.07 Å². The summed E-state index contributed by atoms with van der Waals surface area (Å²) >= 11 is 0. The average Bonchev–Trinajstić information content (AvgIpc) is 1.91. The van der Waals surface area contributed by atoms with Crippen molar-refractivity contribution in [3.63, 3.8) is 0 Å². The number of benzene rings is 1. The molecule has 1 aromatic rings. The third-order valence-electron chi connectivity index (χ3n) is 1.12. The van der Waals surface area contributed by atoms with Crippen molar-refractivity contribution < 1.29 is 0 Å². The van der Waals surface area contributed by atoms with E-state index in [1.807, 2.05) is 6.07 Å². The van der Waals surface area contributed by atoms with Gasteiger partial charge in [0.25, 0.3) is 0 Å².